The van der Waals surface area contributed by atoms with E-state index in [4.69, 9.17) is 0 Å². The van der Waals surface area contributed by atoms with Gasteiger partial charge in [-0.15, -0.1) is 11.3 Å². The predicted octanol–water partition coefficient (Wildman–Crippen LogP) is 2.40. The van der Waals surface area contributed by atoms with Crippen molar-refractivity contribution < 1.29 is 9.90 Å². The standard InChI is InChI=1S/C11H16BrNO2S/c1-11(2,15)7-13(3)6-8(14)9-4-5-10(12)16-9/h4-5,15H,6-7H2,1-3H3. The van der Waals surface area contributed by atoms with Crippen LogP contribution in [0, 0.1) is 0 Å². The number of Topliss-reactive ketones (excluding diaryl/α,β-unsaturated/α-hetero) is 1. The Hall–Kier alpha value is -0.230. The van der Waals surface area contributed by atoms with Crippen LogP contribution in [0.25, 0.3) is 0 Å². The summed E-state index contributed by atoms with van der Waals surface area (Å²) in [6.07, 6.45) is 0. The van der Waals surface area contributed by atoms with Crippen molar-refractivity contribution in [2.45, 2.75) is 19.4 Å². The number of nitrogens with zero attached hydrogens (tertiary/aromatic N) is 1. The fraction of sp³-hybridized carbons (Fsp3) is 0.545. The van der Waals surface area contributed by atoms with Crippen molar-refractivity contribution in [1.29, 1.82) is 0 Å². The van der Waals surface area contributed by atoms with Crippen molar-refractivity contribution in [3.8, 4) is 0 Å². The van der Waals surface area contributed by atoms with E-state index in [9.17, 15) is 9.90 Å². The molecule has 1 aromatic rings. The SMILES string of the molecule is CN(CC(=O)c1ccc(Br)s1)CC(C)(C)O. The van der Waals surface area contributed by atoms with Gasteiger partial charge in [-0.25, -0.2) is 0 Å². The van der Waals surface area contributed by atoms with Crippen molar-refractivity contribution in [3.63, 3.8) is 0 Å². The first-order valence-electron chi connectivity index (χ1n) is 4.97. The zero-order valence-corrected chi connectivity index (χ0v) is 12.1. The van der Waals surface area contributed by atoms with Crippen LogP contribution in [-0.2, 0) is 0 Å². The van der Waals surface area contributed by atoms with E-state index < -0.39 is 5.60 Å². The number of carbonyl (C=O) groups excluding carboxylic acids is 1. The van der Waals surface area contributed by atoms with E-state index in [0.717, 1.165) is 8.66 Å². The highest BCUT2D eigenvalue weighted by Crippen LogP contribution is 2.22. The van der Waals surface area contributed by atoms with E-state index in [1.165, 1.54) is 11.3 Å². The van der Waals surface area contributed by atoms with E-state index in [0.29, 0.717) is 13.1 Å². The number of ketones is 1. The number of carbonyl (C=O) groups is 1. The third-order valence-corrected chi connectivity index (χ3v) is 3.58. The molecule has 0 radical (unpaired) electrons. The first-order chi connectivity index (χ1) is 7.28. The summed E-state index contributed by atoms with van der Waals surface area (Å²) in [5.74, 6) is 0.0856. The molecule has 1 aromatic heterocycles. The molecule has 1 rings (SSSR count). The number of hydrogen-bond donors (Lipinski definition) is 1. The molecule has 3 nitrogen and oxygen atoms in total. The molecule has 0 aliphatic heterocycles. The Morgan fingerprint density at radius 1 is 1.56 bits per heavy atom. The first-order valence-corrected chi connectivity index (χ1v) is 6.58. The largest absolute Gasteiger partial charge is 0.389 e. The molecule has 0 bridgehead atoms. The van der Waals surface area contributed by atoms with Crippen molar-refractivity contribution in [2.24, 2.45) is 0 Å². The molecule has 0 fully saturated rings. The van der Waals surface area contributed by atoms with Gasteiger partial charge in [0, 0.05) is 6.54 Å². The van der Waals surface area contributed by atoms with Gasteiger partial charge in [0.25, 0.3) is 0 Å². The Bertz CT molecular complexity index is 370. The minimum atomic E-state index is -0.773. The van der Waals surface area contributed by atoms with Gasteiger partial charge in [-0.3, -0.25) is 9.69 Å². The highest BCUT2D eigenvalue weighted by atomic mass is 79.9. The molecule has 1 N–H and O–H groups in total. The molecule has 0 aliphatic rings. The minimum absolute atomic E-state index is 0.0856. The van der Waals surface area contributed by atoms with Crippen LogP contribution in [0.4, 0.5) is 0 Å². The molecule has 1 heterocycles. The van der Waals surface area contributed by atoms with Gasteiger partial charge in [0.2, 0.25) is 0 Å². The smallest absolute Gasteiger partial charge is 0.186 e. The molecule has 0 unspecified atom stereocenters. The van der Waals surface area contributed by atoms with Gasteiger partial charge in [0.15, 0.2) is 5.78 Å². The number of rotatable bonds is 5. The third kappa shape index (κ3) is 4.74. The van der Waals surface area contributed by atoms with Gasteiger partial charge in [-0.2, -0.15) is 0 Å². The first kappa shape index (κ1) is 13.8. The maximum atomic E-state index is 11.8. The molecule has 0 spiro atoms. The topological polar surface area (TPSA) is 40.5 Å². The lowest BCUT2D eigenvalue weighted by molar-refractivity contribution is 0.0440. The highest BCUT2D eigenvalue weighted by molar-refractivity contribution is 9.11. The lowest BCUT2D eigenvalue weighted by atomic mass is 10.1. The molecule has 90 valence electrons. The van der Waals surface area contributed by atoms with E-state index in [-0.39, 0.29) is 5.78 Å². The van der Waals surface area contributed by atoms with Crippen LogP contribution in [0.1, 0.15) is 23.5 Å². The van der Waals surface area contributed by atoms with Crippen LogP contribution >= 0.6 is 27.3 Å². The predicted molar refractivity (Wildman–Crippen MR) is 70.1 cm³/mol. The molecule has 0 amide bonds. The van der Waals surface area contributed by atoms with Crippen LogP contribution in [0.2, 0.25) is 0 Å². The molecular weight excluding hydrogens is 290 g/mol. The van der Waals surface area contributed by atoms with Gasteiger partial charge in [0.1, 0.15) is 0 Å². The van der Waals surface area contributed by atoms with Crippen molar-refractivity contribution in [1.82, 2.24) is 4.90 Å². The summed E-state index contributed by atoms with van der Waals surface area (Å²) in [5, 5.41) is 9.62. The summed E-state index contributed by atoms with van der Waals surface area (Å²) in [6.45, 7) is 4.27. The number of thiophene rings is 1. The van der Waals surface area contributed by atoms with Gasteiger partial charge < -0.3 is 5.11 Å². The van der Waals surface area contributed by atoms with E-state index in [1.54, 1.807) is 13.8 Å². The Balaban J connectivity index is 2.52. The second kappa shape index (κ2) is 5.40. The molecular formula is C11H16BrNO2S. The normalized spacial score (nSPS) is 12.1. The summed E-state index contributed by atoms with van der Waals surface area (Å²) < 4.78 is 0.959. The van der Waals surface area contributed by atoms with Gasteiger partial charge in [0.05, 0.1) is 20.8 Å². The lowest BCUT2D eigenvalue weighted by Gasteiger charge is -2.24. The van der Waals surface area contributed by atoms with Crippen molar-refractivity contribution in [3.05, 3.63) is 20.8 Å². The number of likely N-dealkylation sites (N-methyl/N-ethyl adjacent to an activating group) is 1. The Kier molecular flexibility index (Phi) is 4.67. The lowest BCUT2D eigenvalue weighted by Crippen LogP contribution is -2.38. The van der Waals surface area contributed by atoms with Crippen molar-refractivity contribution >= 4 is 33.0 Å². The van der Waals surface area contributed by atoms with Crippen LogP contribution in [-0.4, -0.2) is 41.5 Å². The molecule has 16 heavy (non-hydrogen) atoms. The third-order valence-electron chi connectivity index (χ3n) is 1.92. The van der Waals surface area contributed by atoms with Gasteiger partial charge >= 0.3 is 0 Å². The van der Waals surface area contributed by atoms with Gasteiger partial charge in [-0.05, 0) is 49.0 Å². The van der Waals surface area contributed by atoms with Gasteiger partial charge in [-0.1, -0.05) is 0 Å². The number of hydrogen-bond acceptors (Lipinski definition) is 4. The fourth-order valence-electron chi connectivity index (χ4n) is 1.50. The molecule has 0 aromatic carbocycles. The average Bonchev–Trinajstić information content (AvgIpc) is 2.47. The van der Waals surface area contributed by atoms with Crippen LogP contribution in [0.15, 0.2) is 15.9 Å². The highest BCUT2D eigenvalue weighted by Gasteiger charge is 2.18. The van der Waals surface area contributed by atoms with Crippen molar-refractivity contribution in [2.75, 3.05) is 20.1 Å². The zero-order chi connectivity index (χ0) is 12.3. The molecule has 0 aliphatic carbocycles. The zero-order valence-electron chi connectivity index (χ0n) is 9.66. The molecule has 0 saturated carbocycles. The van der Waals surface area contributed by atoms with E-state index in [1.807, 2.05) is 24.1 Å². The average molecular weight is 306 g/mol. The Morgan fingerprint density at radius 2 is 2.19 bits per heavy atom. The van der Waals surface area contributed by atoms with Crippen LogP contribution < -0.4 is 0 Å². The molecule has 0 saturated heterocycles. The van der Waals surface area contributed by atoms with Crippen LogP contribution in [0.3, 0.4) is 0 Å². The number of halogens is 1. The second-order valence-electron chi connectivity index (χ2n) is 4.51. The summed E-state index contributed by atoms with van der Waals surface area (Å²) in [4.78, 5) is 14.4. The maximum absolute atomic E-state index is 11.8. The summed E-state index contributed by atoms with van der Waals surface area (Å²) in [5.41, 5.74) is -0.773. The summed E-state index contributed by atoms with van der Waals surface area (Å²) in [7, 11) is 1.83. The van der Waals surface area contributed by atoms with E-state index >= 15 is 0 Å². The summed E-state index contributed by atoms with van der Waals surface area (Å²) in [6, 6.07) is 3.68. The molecule has 0 atom stereocenters. The summed E-state index contributed by atoms with van der Waals surface area (Å²) >= 11 is 4.76. The fourth-order valence-corrected chi connectivity index (χ4v) is 2.82. The van der Waals surface area contributed by atoms with E-state index in [2.05, 4.69) is 15.9 Å². The maximum Gasteiger partial charge on any atom is 0.186 e. The Labute approximate surface area is 108 Å². The Morgan fingerprint density at radius 3 is 2.62 bits per heavy atom. The second-order valence-corrected chi connectivity index (χ2v) is 6.97. The number of aliphatic hydroxyl groups is 1. The molecule has 5 heteroatoms. The minimum Gasteiger partial charge on any atom is -0.389 e. The van der Waals surface area contributed by atoms with Crippen LogP contribution in [0.5, 0.6) is 0 Å². The monoisotopic (exact) mass is 305 g/mol. The quantitative estimate of drug-likeness (QED) is 0.849.